The second-order valence-electron chi connectivity index (χ2n) is 7.09. The molecule has 168 valence electrons. The molecular weight excluding hydrogens is 425 g/mol. The van der Waals surface area contributed by atoms with Crippen molar-refractivity contribution < 1.29 is 29.0 Å². The highest BCUT2D eigenvalue weighted by atomic mass is 19.1. The third-order valence-electron chi connectivity index (χ3n) is 4.80. The molecule has 1 atom stereocenters. The van der Waals surface area contributed by atoms with E-state index in [-0.39, 0.29) is 30.5 Å². The molecule has 1 aromatic carbocycles. The van der Waals surface area contributed by atoms with Crippen LogP contribution in [0.3, 0.4) is 0 Å². The van der Waals surface area contributed by atoms with Gasteiger partial charge in [-0.05, 0) is 36.6 Å². The highest BCUT2D eigenvalue weighted by Gasteiger charge is 2.23. The van der Waals surface area contributed by atoms with Crippen molar-refractivity contribution in [1.29, 1.82) is 0 Å². The number of carbonyl (C=O) groups is 3. The van der Waals surface area contributed by atoms with Gasteiger partial charge in [0.15, 0.2) is 0 Å². The number of aliphatic carboxylic acids is 2. The normalized spacial score (nSPS) is 11.9. The number of fused-ring (bicyclic) bond motifs is 1. The molecule has 32 heavy (non-hydrogen) atoms. The number of aromatic nitrogens is 3. The Morgan fingerprint density at radius 3 is 2.66 bits per heavy atom. The molecule has 0 fully saturated rings. The predicted molar refractivity (Wildman–Crippen MR) is 111 cm³/mol. The van der Waals surface area contributed by atoms with Gasteiger partial charge in [-0.1, -0.05) is 6.07 Å². The van der Waals surface area contributed by atoms with Crippen molar-refractivity contribution in [2.75, 3.05) is 5.73 Å². The van der Waals surface area contributed by atoms with E-state index >= 15 is 0 Å². The van der Waals surface area contributed by atoms with E-state index in [0.29, 0.717) is 22.4 Å². The fourth-order valence-corrected chi connectivity index (χ4v) is 3.13. The van der Waals surface area contributed by atoms with E-state index in [4.69, 9.17) is 15.9 Å². The molecule has 0 spiro atoms. The first-order valence-corrected chi connectivity index (χ1v) is 9.53. The number of hydrogen-bond acceptors (Lipinski definition) is 6. The Hall–Kier alpha value is -4.22. The Labute approximate surface area is 179 Å². The summed E-state index contributed by atoms with van der Waals surface area (Å²) in [4.78, 5) is 53.4. The lowest BCUT2D eigenvalue weighted by Gasteiger charge is -2.14. The molecule has 0 bridgehead atoms. The minimum Gasteiger partial charge on any atom is -0.481 e. The summed E-state index contributed by atoms with van der Waals surface area (Å²) in [5.74, 6) is -4.16. The summed E-state index contributed by atoms with van der Waals surface area (Å²) in [5.41, 5.74) is 5.82. The van der Waals surface area contributed by atoms with Crippen LogP contribution in [0.4, 0.5) is 10.2 Å². The maximum absolute atomic E-state index is 14.5. The van der Waals surface area contributed by atoms with Gasteiger partial charge in [0.2, 0.25) is 0 Å². The molecule has 0 aliphatic carbocycles. The number of carbonyl (C=O) groups excluding carboxylic acids is 1. The number of nitrogens with two attached hydrogens (primary N) is 1. The van der Waals surface area contributed by atoms with Gasteiger partial charge in [0.05, 0.1) is 17.3 Å². The number of carboxylic acid groups (broad SMARTS) is 2. The molecule has 1 amide bonds. The van der Waals surface area contributed by atoms with Gasteiger partial charge < -0.3 is 26.2 Å². The number of anilines is 1. The van der Waals surface area contributed by atoms with Crippen LogP contribution < -0.4 is 16.6 Å². The quantitative estimate of drug-likeness (QED) is 0.320. The molecule has 3 aromatic rings. The van der Waals surface area contributed by atoms with E-state index in [1.807, 2.05) is 0 Å². The number of H-pyrrole nitrogens is 1. The third kappa shape index (κ3) is 5.09. The van der Waals surface area contributed by atoms with Crippen molar-refractivity contribution in [2.24, 2.45) is 0 Å². The highest BCUT2D eigenvalue weighted by Crippen LogP contribution is 2.14. The monoisotopic (exact) mass is 445 g/mol. The molecule has 2 aromatic heterocycles. The van der Waals surface area contributed by atoms with E-state index in [1.165, 1.54) is 29.1 Å². The molecule has 0 saturated heterocycles. The minimum absolute atomic E-state index is 0.202. The maximum Gasteiger partial charge on any atom is 0.326 e. The summed E-state index contributed by atoms with van der Waals surface area (Å²) in [5, 5.41) is 20.3. The van der Waals surface area contributed by atoms with Crippen LogP contribution in [0.15, 0.2) is 35.4 Å². The minimum atomic E-state index is -1.46. The van der Waals surface area contributed by atoms with Crippen molar-refractivity contribution >= 4 is 34.7 Å². The summed E-state index contributed by atoms with van der Waals surface area (Å²) in [7, 11) is 0. The number of amides is 1. The Bertz CT molecular complexity index is 1250. The molecule has 6 N–H and O–H groups in total. The van der Waals surface area contributed by atoms with E-state index in [9.17, 15) is 23.6 Å². The molecule has 12 heteroatoms. The second-order valence-corrected chi connectivity index (χ2v) is 7.09. The number of nitrogens with one attached hydrogen (secondary N) is 2. The first-order valence-electron chi connectivity index (χ1n) is 9.53. The van der Waals surface area contributed by atoms with E-state index in [0.717, 1.165) is 6.07 Å². The van der Waals surface area contributed by atoms with Crippen LogP contribution in [0.1, 0.15) is 28.8 Å². The predicted octanol–water partition coefficient (Wildman–Crippen LogP) is 0.736. The number of nitrogens with zero attached hydrogens (tertiary/aromatic N) is 2. The fourth-order valence-electron chi connectivity index (χ4n) is 3.13. The standard InChI is InChI=1S/C20H20FN5O6/c21-13-7-10(5-6-26-9-23-17-12(19(26)30)8-15(22)25-17)1-2-11(13)18(29)24-14(20(31)32)3-4-16(27)28/h1-2,7-9,14,25H,3-6,22H2,(H,24,29)(H,27,28)(H,31,32)/t14-/m0/s1. The van der Waals surface area contributed by atoms with Crippen LogP contribution >= 0.6 is 0 Å². The number of aromatic amines is 1. The Balaban J connectivity index is 1.69. The van der Waals surface area contributed by atoms with Crippen LogP contribution in [-0.4, -0.2) is 48.6 Å². The Morgan fingerprint density at radius 1 is 1.25 bits per heavy atom. The van der Waals surface area contributed by atoms with Crippen molar-refractivity contribution in [3.8, 4) is 0 Å². The van der Waals surface area contributed by atoms with Gasteiger partial charge in [-0.3, -0.25) is 19.0 Å². The molecule has 2 heterocycles. The number of hydrogen-bond donors (Lipinski definition) is 5. The third-order valence-corrected chi connectivity index (χ3v) is 4.80. The van der Waals surface area contributed by atoms with Crippen molar-refractivity contribution in [2.45, 2.75) is 31.8 Å². The summed E-state index contributed by atoms with van der Waals surface area (Å²) in [6.45, 7) is 0.202. The van der Waals surface area contributed by atoms with Gasteiger partial charge in [-0.25, -0.2) is 14.2 Å². The van der Waals surface area contributed by atoms with Crippen molar-refractivity contribution in [3.05, 3.63) is 57.9 Å². The van der Waals surface area contributed by atoms with Gasteiger partial charge in [0, 0.05) is 13.0 Å². The Kier molecular flexibility index (Phi) is 6.52. The average Bonchev–Trinajstić information content (AvgIpc) is 3.11. The summed E-state index contributed by atoms with van der Waals surface area (Å²) >= 11 is 0. The van der Waals surface area contributed by atoms with E-state index in [2.05, 4.69) is 15.3 Å². The zero-order valence-corrected chi connectivity index (χ0v) is 16.7. The molecule has 0 unspecified atom stereocenters. The van der Waals surface area contributed by atoms with Crippen LogP contribution in [0.2, 0.25) is 0 Å². The number of halogens is 1. The zero-order chi connectivity index (χ0) is 23.4. The van der Waals surface area contributed by atoms with Crippen LogP contribution in [0.5, 0.6) is 0 Å². The van der Waals surface area contributed by atoms with Gasteiger partial charge in [0.25, 0.3) is 11.5 Å². The molecule has 3 rings (SSSR count). The topological polar surface area (TPSA) is 180 Å². The van der Waals surface area contributed by atoms with Gasteiger partial charge >= 0.3 is 11.9 Å². The molecule has 0 saturated carbocycles. The van der Waals surface area contributed by atoms with Crippen LogP contribution in [0, 0.1) is 5.82 Å². The number of aryl methyl sites for hydroxylation is 2. The van der Waals surface area contributed by atoms with E-state index in [1.54, 1.807) is 0 Å². The van der Waals surface area contributed by atoms with Gasteiger partial charge in [-0.15, -0.1) is 0 Å². The number of rotatable bonds is 9. The summed E-state index contributed by atoms with van der Waals surface area (Å²) < 4.78 is 15.8. The maximum atomic E-state index is 14.5. The SMILES string of the molecule is Nc1cc2c(=O)n(CCc3ccc(C(=O)N[C@@H](CCC(=O)O)C(=O)O)c(F)c3)cnc2[nH]1. The molecule has 0 aliphatic heterocycles. The fraction of sp³-hybridized carbons (Fsp3) is 0.250. The summed E-state index contributed by atoms with van der Waals surface area (Å²) in [6, 6.07) is 3.82. The molecule has 11 nitrogen and oxygen atoms in total. The first-order chi connectivity index (χ1) is 15.2. The van der Waals surface area contributed by atoms with E-state index < -0.39 is 36.1 Å². The highest BCUT2D eigenvalue weighted by molar-refractivity contribution is 5.97. The van der Waals surface area contributed by atoms with Gasteiger partial charge in [0.1, 0.15) is 23.3 Å². The Morgan fingerprint density at radius 2 is 2.00 bits per heavy atom. The lowest BCUT2D eigenvalue weighted by molar-refractivity contribution is -0.140. The van der Waals surface area contributed by atoms with Crippen molar-refractivity contribution in [3.63, 3.8) is 0 Å². The molecular formula is C20H20FN5O6. The lowest BCUT2D eigenvalue weighted by atomic mass is 10.1. The number of carboxylic acids is 2. The van der Waals surface area contributed by atoms with Crippen molar-refractivity contribution in [1.82, 2.24) is 19.9 Å². The largest absolute Gasteiger partial charge is 0.481 e. The number of benzene rings is 1. The lowest BCUT2D eigenvalue weighted by Crippen LogP contribution is -2.41. The smallest absolute Gasteiger partial charge is 0.326 e. The van der Waals surface area contributed by atoms with Crippen LogP contribution in [0.25, 0.3) is 11.0 Å². The van der Waals surface area contributed by atoms with Gasteiger partial charge in [-0.2, -0.15) is 0 Å². The first kappa shape index (κ1) is 22.5. The molecule has 0 aliphatic rings. The molecule has 0 radical (unpaired) electrons. The number of nitrogen functional groups attached to an aromatic ring is 1. The van der Waals surface area contributed by atoms with Crippen LogP contribution in [-0.2, 0) is 22.6 Å². The summed E-state index contributed by atoms with van der Waals surface area (Å²) in [6.07, 6.45) is 0.814. The second kappa shape index (κ2) is 9.29. The zero-order valence-electron chi connectivity index (χ0n) is 16.7. The average molecular weight is 445 g/mol.